The Kier molecular flexibility index (Phi) is 15.6. The highest BCUT2D eigenvalue weighted by molar-refractivity contribution is 6.04. The lowest BCUT2D eigenvalue weighted by Crippen LogP contribution is -2.43. The Hall–Kier alpha value is -4.01. The van der Waals surface area contributed by atoms with Crippen LogP contribution in [0.25, 0.3) is 11.0 Å². The number of benzene rings is 2. The number of carbonyl (C=O) groups excluding carboxylic acids is 2. The molecule has 5 rings (SSSR count). The molecule has 8 nitrogen and oxygen atoms in total. The number of aromatic amines is 1. The van der Waals surface area contributed by atoms with Gasteiger partial charge in [-0.05, 0) is 85.5 Å². The van der Waals surface area contributed by atoms with E-state index in [0.29, 0.717) is 16.9 Å². The number of fused-ring (bicyclic) bond motifs is 1. The van der Waals surface area contributed by atoms with E-state index >= 15 is 0 Å². The molecule has 0 spiro atoms. The van der Waals surface area contributed by atoms with Crippen molar-refractivity contribution >= 4 is 28.6 Å². The lowest BCUT2D eigenvalue weighted by molar-refractivity contribution is 0.0595. The number of nitrogens with zero attached hydrogens (tertiary/aromatic N) is 3. The van der Waals surface area contributed by atoms with Gasteiger partial charge in [0.25, 0.3) is 5.91 Å². The number of aromatic nitrogens is 2. The molecule has 2 aromatic carbocycles. The third kappa shape index (κ3) is 11.6. The van der Waals surface area contributed by atoms with Crippen LogP contribution in [-0.4, -0.2) is 72.0 Å². The lowest BCUT2D eigenvalue weighted by Gasteiger charge is -2.32. The van der Waals surface area contributed by atoms with Gasteiger partial charge < -0.3 is 19.9 Å². The molecule has 0 radical (unpaired) electrons. The predicted octanol–water partition coefficient (Wildman–Crippen LogP) is 8.06. The predicted molar refractivity (Wildman–Crippen MR) is 194 cm³/mol. The molecule has 1 amide bonds. The number of methoxy groups -OCH3 is 1. The zero-order valence-electron chi connectivity index (χ0n) is 29.6. The summed E-state index contributed by atoms with van der Waals surface area (Å²) in [4.78, 5) is 37.0. The zero-order valence-corrected chi connectivity index (χ0v) is 29.6. The zero-order chi connectivity index (χ0) is 34.2. The number of pyridine rings is 1. The highest BCUT2D eigenvalue weighted by Crippen LogP contribution is 2.21. The van der Waals surface area contributed by atoms with Crippen molar-refractivity contribution in [3.8, 4) is 0 Å². The van der Waals surface area contributed by atoms with Gasteiger partial charge in [-0.15, -0.1) is 0 Å². The smallest absolute Gasteiger partial charge is 0.354 e. The third-order valence-corrected chi connectivity index (χ3v) is 8.40. The average molecular weight is 642 g/mol. The molecule has 47 heavy (non-hydrogen) atoms. The van der Waals surface area contributed by atoms with E-state index in [1.165, 1.54) is 49.5 Å². The number of anilines is 1. The first-order chi connectivity index (χ1) is 22.8. The van der Waals surface area contributed by atoms with Crippen molar-refractivity contribution in [2.75, 3.05) is 45.7 Å². The normalized spacial score (nSPS) is 13.3. The number of aryl methyl sites for hydroxylation is 3. The number of nitrogens with one attached hydrogen (secondary N) is 2. The van der Waals surface area contributed by atoms with Crippen molar-refractivity contribution in [1.82, 2.24) is 19.8 Å². The van der Waals surface area contributed by atoms with Crippen LogP contribution in [0.4, 0.5) is 5.69 Å². The summed E-state index contributed by atoms with van der Waals surface area (Å²) in [6, 6.07) is 17.8. The van der Waals surface area contributed by atoms with E-state index in [4.69, 9.17) is 4.74 Å². The summed E-state index contributed by atoms with van der Waals surface area (Å²) in [5, 5.41) is 3.93. The van der Waals surface area contributed by atoms with E-state index in [2.05, 4.69) is 65.0 Å². The highest BCUT2D eigenvalue weighted by Gasteiger charge is 2.15. The summed E-state index contributed by atoms with van der Waals surface area (Å²) in [5.41, 5.74) is 7.12. The molecule has 1 saturated heterocycles. The molecule has 1 fully saturated rings. The Bertz CT molecular complexity index is 1530. The number of amides is 1. The summed E-state index contributed by atoms with van der Waals surface area (Å²) in [5.74, 6) is -0.523. The summed E-state index contributed by atoms with van der Waals surface area (Å²) >= 11 is 0. The number of unbranched alkanes of at least 4 members (excludes halogenated alkanes) is 3. The van der Waals surface area contributed by atoms with Crippen molar-refractivity contribution in [3.05, 3.63) is 94.3 Å². The second-order valence-corrected chi connectivity index (χ2v) is 12.0. The van der Waals surface area contributed by atoms with Gasteiger partial charge in [0.1, 0.15) is 11.3 Å². The maximum Gasteiger partial charge on any atom is 0.354 e. The van der Waals surface area contributed by atoms with Crippen LogP contribution < -0.4 is 5.32 Å². The molecule has 0 aliphatic carbocycles. The van der Waals surface area contributed by atoms with Crippen molar-refractivity contribution in [1.29, 1.82) is 0 Å². The minimum atomic E-state index is -0.411. The number of hydrogen-bond acceptors (Lipinski definition) is 6. The molecule has 1 aliphatic heterocycles. The molecule has 2 N–H and O–H groups in total. The Morgan fingerprint density at radius 2 is 1.57 bits per heavy atom. The molecule has 4 aromatic rings. The fourth-order valence-electron chi connectivity index (χ4n) is 5.44. The second kappa shape index (κ2) is 19.6. The standard InChI is InChI=1S/C31H35N5O3.C6H14.C2H6/c1-21-4-11-27(33-30(37)24-8-5-22(6-9-24)20-36-14-12-35(2)13-15-36)17-25(21)10-7-23-16-26-18-28(31(38)39-3)34-29(26)32-19-23;1-3-5-6-4-2;1-2/h4-6,8-9,11,16-19H,7,10,12-15,20H2,1-3H3,(H,32,34)(H,33,37);3-6H2,1-2H3;1-2H3. The number of ether oxygens (including phenoxy) is 1. The summed E-state index contributed by atoms with van der Waals surface area (Å²) < 4.78 is 4.79. The average Bonchev–Trinajstić information content (AvgIpc) is 3.53. The molecule has 2 aromatic heterocycles. The number of likely N-dealkylation sites (N-methyl/N-ethyl adjacent to an activating group) is 1. The number of rotatable bonds is 11. The van der Waals surface area contributed by atoms with Crippen molar-refractivity contribution < 1.29 is 14.3 Å². The number of carbonyl (C=O) groups is 2. The van der Waals surface area contributed by atoms with Crippen molar-refractivity contribution in [3.63, 3.8) is 0 Å². The van der Waals surface area contributed by atoms with Gasteiger partial charge in [0, 0.05) is 55.6 Å². The number of esters is 1. The van der Waals surface area contributed by atoms with Crippen LogP contribution in [0.1, 0.15) is 96.5 Å². The van der Waals surface area contributed by atoms with Crippen LogP contribution in [0.15, 0.2) is 60.8 Å². The molecule has 0 unspecified atom stereocenters. The fourth-order valence-corrected chi connectivity index (χ4v) is 5.44. The molecule has 8 heteroatoms. The third-order valence-electron chi connectivity index (χ3n) is 8.40. The molecule has 0 atom stereocenters. The van der Waals surface area contributed by atoms with Crippen molar-refractivity contribution in [2.45, 2.75) is 79.7 Å². The second-order valence-electron chi connectivity index (χ2n) is 12.0. The van der Waals surface area contributed by atoms with Gasteiger partial charge in [0.2, 0.25) is 0 Å². The first-order valence-corrected chi connectivity index (χ1v) is 17.3. The van der Waals surface area contributed by atoms with Gasteiger partial charge in [0.15, 0.2) is 0 Å². The minimum Gasteiger partial charge on any atom is -0.464 e. The van der Waals surface area contributed by atoms with Crippen LogP contribution in [0.3, 0.4) is 0 Å². The first kappa shape index (κ1) is 37.4. The van der Waals surface area contributed by atoms with Crippen LogP contribution in [-0.2, 0) is 24.1 Å². The highest BCUT2D eigenvalue weighted by atomic mass is 16.5. The van der Waals surface area contributed by atoms with Crippen LogP contribution in [0.5, 0.6) is 0 Å². The molecule has 3 heterocycles. The van der Waals surface area contributed by atoms with Gasteiger partial charge in [-0.2, -0.15) is 0 Å². The van der Waals surface area contributed by atoms with Crippen LogP contribution in [0.2, 0.25) is 0 Å². The van der Waals surface area contributed by atoms with E-state index in [-0.39, 0.29) is 5.91 Å². The quantitative estimate of drug-likeness (QED) is 0.127. The van der Waals surface area contributed by atoms with Gasteiger partial charge >= 0.3 is 5.97 Å². The Morgan fingerprint density at radius 3 is 2.21 bits per heavy atom. The van der Waals surface area contributed by atoms with Gasteiger partial charge in [0.05, 0.1) is 7.11 Å². The van der Waals surface area contributed by atoms with Crippen LogP contribution in [0, 0.1) is 6.92 Å². The van der Waals surface area contributed by atoms with E-state index in [1.54, 1.807) is 6.07 Å². The minimum absolute atomic E-state index is 0.112. The maximum absolute atomic E-state index is 13.0. The summed E-state index contributed by atoms with van der Waals surface area (Å²) in [6.07, 6.45) is 8.95. The van der Waals surface area contributed by atoms with E-state index in [1.807, 2.05) is 56.4 Å². The van der Waals surface area contributed by atoms with E-state index in [0.717, 1.165) is 62.2 Å². The van der Waals surface area contributed by atoms with Crippen molar-refractivity contribution in [2.24, 2.45) is 0 Å². The SMILES string of the molecule is CC.CCCCCC.COC(=O)c1cc2cc(CCc3cc(NC(=O)c4ccc(CN5CCN(C)CC5)cc4)ccc3C)cnc2[nH]1. The molecule has 0 bridgehead atoms. The Morgan fingerprint density at radius 1 is 0.894 bits per heavy atom. The van der Waals surface area contributed by atoms with Crippen LogP contribution >= 0.6 is 0 Å². The monoisotopic (exact) mass is 641 g/mol. The van der Waals surface area contributed by atoms with E-state index in [9.17, 15) is 9.59 Å². The number of hydrogen-bond donors (Lipinski definition) is 2. The first-order valence-electron chi connectivity index (χ1n) is 17.3. The van der Waals surface area contributed by atoms with Gasteiger partial charge in [-0.3, -0.25) is 9.69 Å². The van der Waals surface area contributed by atoms with Gasteiger partial charge in [-0.1, -0.05) is 71.6 Å². The molecular formula is C39H55N5O3. The summed E-state index contributed by atoms with van der Waals surface area (Å²) in [7, 11) is 3.52. The Balaban J connectivity index is 0.000000676. The lowest BCUT2D eigenvalue weighted by atomic mass is 10.00. The Labute approximate surface area is 281 Å². The fraction of sp³-hybridized carbons (Fsp3) is 0.462. The molecule has 0 saturated carbocycles. The molecule has 1 aliphatic rings. The van der Waals surface area contributed by atoms with Gasteiger partial charge in [-0.25, -0.2) is 9.78 Å². The maximum atomic E-state index is 13.0. The van der Waals surface area contributed by atoms with E-state index < -0.39 is 5.97 Å². The molecule has 254 valence electrons. The molecular weight excluding hydrogens is 586 g/mol. The number of piperazine rings is 1. The topological polar surface area (TPSA) is 90.6 Å². The number of H-pyrrole nitrogens is 1. The summed E-state index contributed by atoms with van der Waals surface area (Å²) in [6.45, 7) is 15.8. The largest absolute Gasteiger partial charge is 0.464 e.